The molecule has 0 aromatic heterocycles. The molecule has 0 amide bonds. The molecule has 0 aliphatic rings. The lowest BCUT2D eigenvalue weighted by Gasteiger charge is -1.98. The van der Waals surface area contributed by atoms with Crippen molar-refractivity contribution in [3.8, 4) is 17.9 Å². The number of benzene rings is 2. The monoisotopic (exact) mass is 281 g/mol. The summed E-state index contributed by atoms with van der Waals surface area (Å²) in [4.78, 5) is 0.253. The van der Waals surface area contributed by atoms with Gasteiger partial charge < -0.3 is 0 Å². The van der Waals surface area contributed by atoms with E-state index in [2.05, 4.69) is 11.8 Å². The average Bonchev–Trinajstić information content (AvgIpc) is 2.48. The van der Waals surface area contributed by atoms with Crippen LogP contribution in [0.2, 0.25) is 0 Å². The Hall–Kier alpha value is -2.56. The van der Waals surface area contributed by atoms with Gasteiger partial charge in [-0.15, -0.1) is 0 Å². The summed E-state index contributed by atoms with van der Waals surface area (Å²) in [5, 5.41) is 8.92. The van der Waals surface area contributed by atoms with Crippen molar-refractivity contribution >= 4 is 9.84 Å². The molecule has 0 atom stereocenters. The summed E-state index contributed by atoms with van der Waals surface area (Å²) in [6.07, 6.45) is 0. The summed E-state index contributed by atoms with van der Waals surface area (Å²) < 4.78 is 24.0. The summed E-state index contributed by atoms with van der Waals surface area (Å²) >= 11 is 0. The molecule has 2 aromatic carbocycles. The first kappa shape index (κ1) is 13.9. The smallest absolute Gasteiger partial charge is 0.189 e. The van der Waals surface area contributed by atoms with Crippen molar-refractivity contribution in [1.29, 1.82) is 5.26 Å². The van der Waals surface area contributed by atoms with Crippen LogP contribution in [0.1, 0.15) is 11.1 Å². The lowest BCUT2D eigenvalue weighted by molar-refractivity contribution is 0.599. The third-order valence-electron chi connectivity index (χ3n) is 2.64. The topological polar surface area (TPSA) is 57.9 Å². The number of sulfone groups is 1. The molecule has 98 valence electrons. The highest BCUT2D eigenvalue weighted by Crippen LogP contribution is 2.10. The van der Waals surface area contributed by atoms with Gasteiger partial charge >= 0.3 is 0 Å². The fraction of sp³-hybridized carbons (Fsp3) is 0.0625. The highest BCUT2D eigenvalue weighted by atomic mass is 32.2. The average molecular weight is 281 g/mol. The van der Waals surface area contributed by atoms with E-state index in [1.807, 2.05) is 6.07 Å². The molecule has 0 aliphatic heterocycles. The van der Waals surface area contributed by atoms with Crippen LogP contribution in [0, 0.1) is 23.2 Å². The van der Waals surface area contributed by atoms with Crippen LogP contribution in [0.5, 0.6) is 0 Å². The third kappa shape index (κ3) is 3.26. The first-order valence-corrected chi connectivity index (χ1v) is 7.54. The molecule has 0 saturated carbocycles. The number of nitriles is 1. The van der Waals surface area contributed by atoms with E-state index < -0.39 is 9.84 Å². The van der Waals surface area contributed by atoms with Gasteiger partial charge in [0, 0.05) is 5.56 Å². The van der Waals surface area contributed by atoms with Crippen LogP contribution < -0.4 is 0 Å². The SMILES string of the molecule is N#Cc1ccccc1C#CCS(=O)(=O)c1ccccc1. The molecule has 0 saturated heterocycles. The zero-order valence-corrected chi connectivity index (χ0v) is 11.4. The van der Waals surface area contributed by atoms with Crippen LogP contribution in [0.3, 0.4) is 0 Å². The zero-order valence-electron chi connectivity index (χ0n) is 10.6. The van der Waals surface area contributed by atoms with Gasteiger partial charge in [0.25, 0.3) is 0 Å². The Labute approximate surface area is 118 Å². The fourth-order valence-electron chi connectivity index (χ4n) is 1.63. The van der Waals surface area contributed by atoms with E-state index >= 15 is 0 Å². The van der Waals surface area contributed by atoms with Gasteiger partial charge in [0.1, 0.15) is 11.8 Å². The minimum absolute atomic E-state index is 0.253. The predicted molar refractivity (Wildman–Crippen MR) is 76.5 cm³/mol. The predicted octanol–water partition coefficient (Wildman–Crippen LogP) is 2.38. The largest absolute Gasteiger partial charge is 0.223 e. The van der Waals surface area contributed by atoms with Crippen LogP contribution in [0.25, 0.3) is 0 Å². The summed E-state index contributed by atoms with van der Waals surface area (Å²) in [5.74, 6) is 5.10. The maximum absolute atomic E-state index is 12.0. The van der Waals surface area contributed by atoms with Crippen molar-refractivity contribution in [2.24, 2.45) is 0 Å². The normalized spacial score (nSPS) is 10.2. The summed E-state index contributed by atoms with van der Waals surface area (Å²) in [6, 6.07) is 17.1. The van der Waals surface area contributed by atoms with Crippen LogP contribution in [0.4, 0.5) is 0 Å². The molecule has 0 N–H and O–H groups in total. The molecule has 4 heteroatoms. The highest BCUT2D eigenvalue weighted by molar-refractivity contribution is 7.91. The molecule has 0 unspecified atom stereocenters. The van der Waals surface area contributed by atoms with Gasteiger partial charge in [0.15, 0.2) is 9.84 Å². The van der Waals surface area contributed by atoms with Crippen molar-refractivity contribution in [1.82, 2.24) is 0 Å². The van der Waals surface area contributed by atoms with Crippen molar-refractivity contribution < 1.29 is 8.42 Å². The second-order valence-corrected chi connectivity index (χ2v) is 6.02. The second-order valence-electron chi connectivity index (χ2n) is 4.03. The summed E-state index contributed by atoms with van der Waals surface area (Å²) in [6.45, 7) is 0. The minimum Gasteiger partial charge on any atom is -0.223 e. The lowest BCUT2D eigenvalue weighted by Crippen LogP contribution is -2.04. The van der Waals surface area contributed by atoms with Gasteiger partial charge in [-0.2, -0.15) is 5.26 Å². The Morgan fingerprint density at radius 3 is 2.15 bits per heavy atom. The Morgan fingerprint density at radius 2 is 1.50 bits per heavy atom. The fourth-order valence-corrected chi connectivity index (χ4v) is 2.63. The van der Waals surface area contributed by atoms with E-state index in [-0.39, 0.29) is 10.6 Å². The van der Waals surface area contributed by atoms with Gasteiger partial charge in [-0.25, -0.2) is 8.42 Å². The van der Waals surface area contributed by atoms with Crippen LogP contribution >= 0.6 is 0 Å². The molecule has 0 heterocycles. The van der Waals surface area contributed by atoms with E-state index in [9.17, 15) is 8.42 Å². The quantitative estimate of drug-likeness (QED) is 0.794. The second kappa shape index (κ2) is 6.06. The number of hydrogen-bond donors (Lipinski definition) is 0. The summed E-state index contributed by atoms with van der Waals surface area (Å²) in [5.41, 5.74) is 0.982. The maximum atomic E-state index is 12.0. The Morgan fingerprint density at radius 1 is 0.900 bits per heavy atom. The molecular weight excluding hydrogens is 270 g/mol. The van der Waals surface area contributed by atoms with Crippen molar-refractivity contribution in [3.05, 3.63) is 65.7 Å². The van der Waals surface area contributed by atoms with E-state index in [4.69, 9.17) is 5.26 Å². The van der Waals surface area contributed by atoms with Crippen LogP contribution in [-0.4, -0.2) is 14.2 Å². The molecule has 0 spiro atoms. The number of nitrogens with zero attached hydrogens (tertiary/aromatic N) is 1. The van der Waals surface area contributed by atoms with Gasteiger partial charge in [-0.05, 0) is 24.3 Å². The Bertz CT molecular complexity index is 807. The van der Waals surface area contributed by atoms with Crippen molar-refractivity contribution in [2.75, 3.05) is 5.75 Å². The third-order valence-corrected chi connectivity index (χ3v) is 4.15. The molecule has 3 nitrogen and oxygen atoms in total. The molecule has 0 fully saturated rings. The molecule has 2 rings (SSSR count). The molecule has 2 aromatic rings. The van der Waals surface area contributed by atoms with Crippen LogP contribution in [0.15, 0.2) is 59.5 Å². The van der Waals surface area contributed by atoms with E-state index in [0.717, 1.165) is 0 Å². The first-order valence-electron chi connectivity index (χ1n) is 5.89. The maximum Gasteiger partial charge on any atom is 0.189 e. The van der Waals surface area contributed by atoms with Gasteiger partial charge in [-0.3, -0.25) is 0 Å². The Balaban J connectivity index is 2.22. The Kier molecular flexibility index (Phi) is 4.20. The standard InChI is InChI=1S/C16H11NO2S/c17-13-15-8-5-4-7-14(15)9-6-12-20(18,19)16-10-2-1-3-11-16/h1-5,7-8,10-11H,12H2. The molecule has 20 heavy (non-hydrogen) atoms. The summed E-state index contributed by atoms with van der Waals surface area (Å²) in [7, 11) is -3.41. The van der Waals surface area contributed by atoms with Crippen molar-refractivity contribution in [2.45, 2.75) is 4.90 Å². The van der Waals surface area contributed by atoms with E-state index in [1.54, 1.807) is 54.6 Å². The minimum atomic E-state index is -3.41. The number of hydrogen-bond acceptors (Lipinski definition) is 3. The molecular formula is C16H11NO2S. The van der Waals surface area contributed by atoms with Gasteiger partial charge in [0.05, 0.1) is 10.5 Å². The zero-order chi connectivity index (χ0) is 14.4. The number of rotatable bonds is 2. The molecule has 0 bridgehead atoms. The van der Waals surface area contributed by atoms with Gasteiger partial charge in [-0.1, -0.05) is 42.2 Å². The molecule has 0 aliphatic carbocycles. The van der Waals surface area contributed by atoms with E-state index in [0.29, 0.717) is 11.1 Å². The van der Waals surface area contributed by atoms with Crippen molar-refractivity contribution in [3.63, 3.8) is 0 Å². The lowest BCUT2D eigenvalue weighted by atomic mass is 10.1. The first-order chi connectivity index (χ1) is 9.63. The molecule has 0 radical (unpaired) electrons. The van der Waals surface area contributed by atoms with E-state index in [1.165, 1.54) is 0 Å². The highest BCUT2D eigenvalue weighted by Gasteiger charge is 2.11. The van der Waals surface area contributed by atoms with Gasteiger partial charge in [0.2, 0.25) is 0 Å². The van der Waals surface area contributed by atoms with Crippen LogP contribution in [-0.2, 0) is 9.84 Å².